The number of rotatable bonds is 4. The fourth-order valence-corrected chi connectivity index (χ4v) is 3.45. The molecule has 0 amide bonds. The molecule has 1 aromatic rings. The Morgan fingerprint density at radius 3 is 2.44 bits per heavy atom. The molecule has 2 rings (SSSR count). The van der Waals surface area contributed by atoms with Gasteiger partial charge < -0.3 is 5.11 Å². The second-order valence-electron chi connectivity index (χ2n) is 4.52. The van der Waals surface area contributed by atoms with Crippen molar-refractivity contribution in [3.05, 3.63) is 29.8 Å². The molecule has 1 atom stereocenters. The van der Waals surface area contributed by atoms with Crippen molar-refractivity contribution >= 4 is 11.8 Å². The summed E-state index contributed by atoms with van der Waals surface area (Å²) in [6, 6.07) is 8.42. The summed E-state index contributed by atoms with van der Waals surface area (Å²) in [5.74, 6) is 0. The van der Waals surface area contributed by atoms with Gasteiger partial charge in [-0.1, -0.05) is 31.9 Å². The molecule has 1 aliphatic rings. The molecule has 1 N–H and O–H groups in total. The van der Waals surface area contributed by atoms with Crippen LogP contribution in [0.5, 0.6) is 0 Å². The lowest BCUT2D eigenvalue weighted by Gasteiger charge is -2.11. The minimum atomic E-state index is -0.300. The van der Waals surface area contributed by atoms with E-state index >= 15 is 0 Å². The van der Waals surface area contributed by atoms with Crippen molar-refractivity contribution < 1.29 is 5.11 Å². The van der Waals surface area contributed by atoms with Crippen LogP contribution < -0.4 is 0 Å². The molecule has 0 aliphatic heterocycles. The average molecular weight is 236 g/mol. The summed E-state index contributed by atoms with van der Waals surface area (Å²) in [5.41, 5.74) is 1.04. The van der Waals surface area contributed by atoms with E-state index in [0.29, 0.717) is 0 Å². The summed E-state index contributed by atoms with van der Waals surface area (Å²) < 4.78 is 0. The molecule has 0 saturated heterocycles. The minimum absolute atomic E-state index is 0.300. The zero-order valence-electron chi connectivity index (χ0n) is 9.86. The van der Waals surface area contributed by atoms with Gasteiger partial charge in [0, 0.05) is 10.1 Å². The van der Waals surface area contributed by atoms with Gasteiger partial charge in [0.05, 0.1) is 6.10 Å². The van der Waals surface area contributed by atoms with E-state index in [2.05, 4.69) is 24.3 Å². The van der Waals surface area contributed by atoms with E-state index in [0.717, 1.165) is 17.2 Å². The van der Waals surface area contributed by atoms with E-state index in [4.69, 9.17) is 0 Å². The van der Waals surface area contributed by atoms with Crippen LogP contribution in [0.15, 0.2) is 29.2 Å². The molecule has 88 valence electrons. The fraction of sp³-hybridized carbons (Fsp3) is 0.571. The highest BCUT2D eigenvalue weighted by Crippen LogP contribution is 2.35. The van der Waals surface area contributed by atoms with E-state index in [9.17, 15) is 5.11 Å². The highest BCUT2D eigenvalue weighted by Gasteiger charge is 2.16. The monoisotopic (exact) mass is 236 g/mol. The normalized spacial score (nSPS) is 18.9. The minimum Gasteiger partial charge on any atom is -0.388 e. The van der Waals surface area contributed by atoms with Gasteiger partial charge in [0.1, 0.15) is 0 Å². The zero-order chi connectivity index (χ0) is 11.4. The van der Waals surface area contributed by atoms with Crippen LogP contribution in [0.2, 0.25) is 0 Å². The molecular weight excluding hydrogens is 216 g/mol. The van der Waals surface area contributed by atoms with Crippen LogP contribution in [-0.2, 0) is 0 Å². The fourth-order valence-electron chi connectivity index (χ4n) is 2.20. The molecule has 1 aliphatic carbocycles. The highest BCUT2D eigenvalue weighted by molar-refractivity contribution is 8.00. The summed E-state index contributed by atoms with van der Waals surface area (Å²) in [5, 5.41) is 10.5. The Hall–Kier alpha value is -0.470. The van der Waals surface area contributed by atoms with Gasteiger partial charge in [-0.25, -0.2) is 0 Å². The Morgan fingerprint density at radius 1 is 1.25 bits per heavy atom. The highest BCUT2D eigenvalue weighted by atomic mass is 32.2. The van der Waals surface area contributed by atoms with Crippen LogP contribution in [0.1, 0.15) is 50.7 Å². The Bertz CT molecular complexity index is 314. The van der Waals surface area contributed by atoms with Gasteiger partial charge in [-0.3, -0.25) is 0 Å². The molecule has 1 unspecified atom stereocenters. The van der Waals surface area contributed by atoms with Gasteiger partial charge >= 0.3 is 0 Å². The zero-order valence-corrected chi connectivity index (χ0v) is 10.7. The maximum Gasteiger partial charge on any atom is 0.0787 e. The molecule has 2 heteroatoms. The molecule has 1 fully saturated rings. The van der Waals surface area contributed by atoms with Crippen LogP contribution in [0, 0.1) is 0 Å². The summed E-state index contributed by atoms with van der Waals surface area (Å²) >= 11 is 2.00. The van der Waals surface area contributed by atoms with Crippen molar-refractivity contribution in [2.24, 2.45) is 0 Å². The SMILES string of the molecule is CCC(O)c1ccc(SC2CCCC2)cc1. The summed E-state index contributed by atoms with van der Waals surface area (Å²) in [6.07, 6.45) is 6.00. The predicted molar refractivity (Wildman–Crippen MR) is 69.8 cm³/mol. The Labute approximate surface area is 102 Å². The van der Waals surface area contributed by atoms with Crippen LogP contribution in [-0.4, -0.2) is 10.4 Å². The Morgan fingerprint density at radius 2 is 1.88 bits per heavy atom. The standard InChI is InChI=1S/C14H20OS/c1-2-14(15)11-7-9-13(10-8-11)16-12-5-3-4-6-12/h7-10,12,14-15H,2-6H2,1H3. The van der Waals surface area contributed by atoms with Crippen molar-refractivity contribution in [3.8, 4) is 0 Å². The van der Waals surface area contributed by atoms with Crippen molar-refractivity contribution in [1.82, 2.24) is 0 Å². The first kappa shape index (κ1) is 12.0. The first-order chi connectivity index (χ1) is 7.79. The van der Waals surface area contributed by atoms with Gasteiger partial charge in [0.25, 0.3) is 0 Å². The summed E-state index contributed by atoms with van der Waals surface area (Å²) in [6.45, 7) is 2.01. The molecule has 0 bridgehead atoms. The lowest BCUT2D eigenvalue weighted by molar-refractivity contribution is 0.173. The van der Waals surface area contributed by atoms with Crippen molar-refractivity contribution in [2.75, 3.05) is 0 Å². The molecular formula is C14H20OS. The maximum absolute atomic E-state index is 9.70. The topological polar surface area (TPSA) is 20.2 Å². The number of benzene rings is 1. The van der Waals surface area contributed by atoms with E-state index in [1.165, 1.54) is 30.6 Å². The quantitative estimate of drug-likeness (QED) is 0.847. The third-order valence-electron chi connectivity index (χ3n) is 3.26. The first-order valence-electron chi connectivity index (χ1n) is 6.24. The smallest absolute Gasteiger partial charge is 0.0787 e. The van der Waals surface area contributed by atoms with E-state index < -0.39 is 0 Å². The molecule has 0 aromatic heterocycles. The maximum atomic E-state index is 9.70. The predicted octanol–water partition coefficient (Wildman–Crippen LogP) is 4.16. The number of aliphatic hydroxyl groups excluding tert-OH is 1. The van der Waals surface area contributed by atoms with Crippen molar-refractivity contribution in [3.63, 3.8) is 0 Å². The summed E-state index contributed by atoms with van der Waals surface area (Å²) in [4.78, 5) is 1.35. The van der Waals surface area contributed by atoms with Gasteiger partial charge in [-0.2, -0.15) is 0 Å². The van der Waals surface area contributed by atoms with Gasteiger partial charge in [0.2, 0.25) is 0 Å². The first-order valence-corrected chi connectivity index (χ1v) is 7.12. The van der Waals surface area contributed by atoms with Crippen LogP contribution in [0.3, 0.4) is 0 Å². The largest absolute Gasteiger partial charge is 0.388 e. The second kappa shape index (κ2) is 5.74. The molecule has 0 radical (unpaired) electrons. The molecule has 1 saturated carbocycles. The number of hydrogen-bond acceptors (Lipinski definition) is 2. The van der Waals surface area contributed by atoms with Crippen LogP contribution in [0.4, 0.5) is 0 Å². The molecule has 1 aromatic carbocycles. The summed E-state index contributed by atoms with van der Waals surface area (Å²) in [7, 11) is 0. The number of thioether (sulfide) groups is 1. The molecule has 1 nitrogen and oxygen atoms in total. The van der Waals surface area contributed by atoms with Crippen LogP contribution >= 0.6 is 11.8 Å². The Kier molecular flexibility index (Phi) is 4.30. The van der Waals surface area contributed by atoms with Gasteiger partial charge in [-0.05, 0) is 37.0 Å². The number of hydrogen-bond donors (Lipinski definition) is 1. The second-order valence-corrected chi connectivity index (χ2v) is 5.89. The average Bonchev–Trinajstić information content (AvgIpc) is 2.82. The lowest BCUT2D eigenvalue weighted by Crippen LogP contribution is -1.96. The van der Waals surface area contributed by atoms with E-state index in [-0.39, 0.29) is 6.10 Å². The third kappa shape index (κ3) is 3.02. The lowest BCUT2D eigenvalue weighted by atomic mass is 10.1. The van der Waals surface area contributed by atoms with Gasteiger partial charge in [0.15, 0.2) is 0 Å². The van der Waals surface area contributed by atoms with Gasteiger partial charge in [-0.15, -0.1) is 11.8 Å². The number of aliphatic hydroxyl groups is 1. The molecule has 0 heterocycles. The Balaban J connectivity index is 1.96. The molecule has 0 spiro atoms. The van der Waals surface area contributed by atoms with E-state index in [1.54, 1.807) is 0 Å². The van der Waals surface area contributed by atoms with Crippen molar-refractivity contribution in [1.29, 1.82) is 0 Å². The third-order valence-corrected chi connectivity index (χ3v) is 4.61. The van der Waals surface area contributed by atoms with E-state index in [1.807, 2.05) is 18.7 Å². The van der Waals surface area contributed by atoms with Crippen LogP contribution in [0.25, 0.3) is 0 Å². The van der Waals surface area contributed by atoms with Crippen molar-refractivity contribution in [2.45, 2.75) is 55.3 Å². The molecule has 16 heavy (non-hydrogen) atoms.